The second-order valence-electron chi connectivity index (χ2n) is 19.3. The highest BCUT2D eigenvalue weighted by Crippen LogP contribution is 2.77. The number of methoxy groups -OCH3 is 1. The van der Waals surface area contributed by atoms with Crippen LogP contribution in [0.3, 0.4) is 0 Å². The van der Waals surface area contributed by atoms with Gasteiger partial charge in [0.2, 0.25) is 5.91 Å². The number of aliphatic hydroxyl groups excluding tert-OH is 1. The molecule has 1 aliphatic heterocycles. The number of rotatable bonds is 5. The number of benzene rings is 1. The average molecular weight is 682 g/mol. The molecule has 272 valence electrons. The molecule has 1 amide bonds. The first-order valence-electron chi connectivity index (χ1n) is 20.1. The zero-order valence-electron chi connectivity index (χ0n) is 32.0. The van der Waals surface area contributed by atoms with E-state index in [1.165, 1.54) is 31.3 Å². The summed E-state index contributed by atoms with van der Waals surface area (Å²) in [6, 6.07) is 8.08. The van der Waals surface area contributed by atoms with Crippen LogP contribution in [0.25, 0.3) is 11.3 Å². The Bertz CT molecular complexity index is 1650. The maximum absolute atomic E-state index is 15.4. The zero-order valence-corrected chi connectivity index (χ0v) is 32.0. The average Bonchev–Trinajstić information content (AvgIpc) is 3.86. The summed E-state index contributed by atoms with van der Waals surface area (Å²) in [5, 5.41) is 11.2. The van der Waals surface area contributed by atoms with Gasteiger partial charge in [0, 0.05) is 6.54 Å². The number of carbonyl (C=O) groups excluding carboxylic acids is 1. The van der Waals surface area contributed by atoms with Gasteiger partial charge < -0.3 is 19.7 Å². The smallest absolute Gasteiger partial charge is 0.229 e. The molecule has 0 spiro atoms. The molecule has 1 aromatic carbocycles. The third-order valence-corrected chi connectivity index (χ3v) is 17.3. The summed E-state index contributed by atoms with van der Waals surface area (Å²) in [7, 11) is 1.69. The lowest BCUT2D eigenvalue weighted by Crippen LogP contribution is -2.67. The molecule has 2 heterocycles. The summed E-state index contributed by atoms with van der Waals surface area (Å²) in [6.07, 6.45) is 14.9. The number of hydrogen-bond donors (Lipinski definition) is 2. The number of H-pyrrole nitrogens is 1. The Labute approximate surface area is 301 Å². The summed E-state index contributed by atoms with van der Waals surface area (Å²) in [5.74, 6) is 4.68. The van der Waals surface area contributed by atoms with Crippen LogP contribution in [-0.4, -0.2) is 45.6 Å². The van der Waals surface area contributed by atoms with Crippen LogP contribution >= 0.6 is 0 Å². The summed E-state index contributed by atoms with van der Waals surface area (Å²) < 4.78 is 5.37. The standard InChI is InChI=1S/C44H63N3O3/c1-27(2)30-17-22-44(39(49)47-25-9-10-33(47)38-45-26-32(46-38)28-11-13-29(50-8)14-12-28)24-23-42(6)31(37(30)44)15-16-35-41(5)20-19-36(48)40(3,4)34(41)18-21-43(35,42)7/h11-14,26,30-31,33-37,48H,1,9-10,15-25H2,2-8H3,(H,45,46)/t30-,31+,33?,34-,35+,36-,37+,41-,42+,43+,44-/m0/s1. The molecule has 6 fully saturated rings. The molecule has 0 bridgehead atoms. The fourth-order valence-electron chi connectivity index (χ4n) is 14.5. The molecule has 1 unspecified atom stereocenters. The molecule has 6 aliphatic rings. The zero-order chi connectivity index (χ0) is 35.4. The first-order valence-corrected chi connectivity index (χ1v) is 20.1. The quantitative estimate of drug-likeness (QED) is 0.308. The number of amides is 1. The number of aromatic nitrogens is 2. The van der Waals surface area contributed by atoms with Gasteiger partial charge >= 0.3 is 0 Å². The van der Waals surface area contributed by atoms with Gasteiger partial charge in [0.25, 0.3) is 0 Å². The van der Waals surface area contributed by atoms with Crippen molar-refractivity contribution in [1.29, 1.82) is 0 Å². The highest BCUT2D eigenvalue weighted by Gasteiger charge is 2.72. The van der Waals surface area contributed by atoms with Crippen molar-refractivity contribution in [3.05, 3.63) is 48.4 Å². The number of fused-ring (bicyclic) bond motifs is 7. The third kappa shape index (κ3) is 4.61. The van der Waals surface area contributed by atoms with Crippen LogP contribution in [0.1, 0.15) is 130 Å². The summed E-state index contributed by atoms with van der Waals surface area (Å²) >= 11 is 0. The minimum Gasteiger partial charge on any atom is -0.497 e. The number of allylic oxidation sites excluding steroid dienone is 1. The van der Waals surface area contributed by atoms with E-state index in [2.05, 4.69) is 70.1 Å². The Hall–Kier alpha value is -2.60. The fourth-order valence-corrected chi connectivity index (χ4v) is 14.5. The van der Waals surface area contributed by atoms with Gasteiger partial charge in [0.05, 0.1) is 36.6 Å². The number of aliphatic hydroxyl groups is 1. The second kappa shape index (κ2) is 11.7. The van der Waals surface area contributed by atoms with E-state index in [4.69, 9.17) is 9.72 Å². The van der Waals surface area contributed by atoms with Crippen LogP contribution in [-0.2, 0) is 4.79 Å². The van der Waals surface area contributed by atoms with Crippen molar-refractivity contribution in [3.63, 3.8) is 0 Å². The predicted molar refractivity (Wildman–Crippen MR) is 199 cm³/mol. The van der Waals surface area contributed by atoms with E-state index in [0.717, 1.165) is 80.7 Å². The molecule has 2 aromatic rings. The number of hydrogen-bond acceptors (Lipinski definition) is 4. The van der Waals surface area contributed by atoms with E-state index in [9.17, 15) is 5.11 Å². The minimum absolute atomic E-state index is 0.00445. The molecule has 1 aromatic heterocycles. The first kappa shape index (κ1) is 34.5. The summed E-state index contributed by atoms with van der Waals surface area (Å²) in [5.41, 5.74) is 3.68. The van der Waals surface area contributed by atoms with Crippen LogP contribution in [0.4, 0.5) is 0 Å². The minimum atomic E-state index is -0.316. The van der Waals surface area contributed by atoms with Gasteiger partial charge in [0.15, 0.2) is 0 Å². The Morgan fingerprint density at radius 1 is 0.920 bits per heavy atom. The highest BCUT2D eigenvalue weighted by atomic mass is 16.5. The van der Waals surface area contributed by atoms with E-state index in [0.29, 0.717) is 35.5 Å². The summed E-state index contributed by atoms with van der Waals surface area (Å²) in [4.78, 5) is 26.2. The molecule has 6 heteroatoms. The molecular formula is C44H63N3O3. The largest absolute Gasteiger partial charge is 0.497 e. The molecule has 2 N–H and O–H groups in total. The van der Waals surface area contributed by atoms with Gasteiger partial charge in [0.1, 0.15) is 11.6 Å². The lowest BCUT2D eigenvalue weighted by molar-refractivity contribution is -0.247. The van der Waals surface area contributed by atoms with Crippen molar-refractivity contribution in [2.75, 3.05) is 13.7 Å². The maximum Gasteiger partial charge on any atom is 0.229 e. The molecule has 50 heavy (non-hydrogen) atoms. The van der Waals surface area contributed by atoms with Crippen LogP contribution < -0.4 is 4.74 Å². The predicted octanol–water partition coefficient (Wildman–Crippen LogP) is 9.77. The Morgan fingerprint density at radius 3 is 2.40 bits per heavy atom. The van der Waals surface area contributed by atoms with E-state index in [1.807, 2.05) is 18.3 Å². The van der Waals surface area contributed by atoms with Gasteiger partial charge in [-0.3, -0.25) is 4.79 Å². The number of ether oxygens (including phenoxy) is 1. The topological polar surface area (TPSA) is 78.5 Å². The summed E-state index contributed by atoms with van der Waals surface area (Å²) in [6.45, 7) is 20.3. The normalized spacial score (nSPS) is 43.4. The Balaban J connectivity index is 1.11. The first-order chi connectivity index (χ1) is 23.7. The lowest BCUT2D eigenvalue weighted by atomic mass is 9.32. The molecule has 0 radical (unpaired) electrons. The molecular weight excluding hydrogens is 619 g/mol. The van der Waals surface area contributed by atoms with Gasteiger partial charge in [-0.25, -0.2) is 4.98 Å². The third-order valence-electron chi connectivity index (χ3n) is 17.3. The number of carbonyl (C=O) groups is 1. The molecule has 11 atom stereocenters. The Morgan fingerprint density at radius 2 is 1.68 bits per heavy atom. The number of aromatic amines is 1. The molecule has 8 rings (SSSR count). The van der Waals surface area contributed by atoms with Gasteiger partial charge in [-0.15, -0.1) is 0 Å². The lowest BCUT2D eigenvalue weighted by Gasteiger charge is -2.73. The molecule has 6 nitrogen and oxygen atoms in total. The molecule has 5 saturated carbocycles. The van der Waals surface area contributed by atoms with Crippen molar-refractivity contribution >= 4 is 5.91 Å². The number of likely N-dealkylation sites (tertiary alicyclic amines) is 1. The van der Waals surface area contributed by atoms with E-state index >= 15 is 4.79 Å². The van der Waals surface area contributed by atoms with Gasteiger partial charge in [-0.1, -0.05) is 46.8 Å². The van der Waals surface area contributed by atoms with Crippen molar-refractivity contribution in [1.82, 2.24) is 14.9 Å². The fraction of sp³-hybridized carbons (Fsp3) is 0.727. The van der Waals surface area contributed by atoms with Crippen molar-refractivity contribution < 1.29 is 14.6 Å². The van der Waals surface area contributed by atoms with Gasteiger partial charge in [-0.2, -0.15) is 0 Å². The number of nitrogens with one attached hydrogen (secondary N) is 1. The molecule has 1 saturated heterocycles. The van der Waals surface area contributed by atoms with Crippen molar-refractivity contribution in [2.45, 2.75) is 131 Å². The van der Waals surface area contributed by atoms with Crippen LogP contribution in [0, 0.1) is 56.7 Å². The van der Waals surface area contributed by atoms with Gasteiger partial charge in [-0.05, 0) is 165 Å². The van der Waals surface area contributed by atoms with Crippen molar-refractivity contribution in [2.24, 2.45) is 56.7 Å². The number of nitrogens with zero attached hydrogens (tertiary/aromatic N) is 2. The van der Waals surface area contributed by atoms with E-state index < -0.39 is 0 Å². The van der Waals surface area contributed by atoms with Crippen LogP contribution in [0.5, 0.6) is 5.75 Å². The maximum atomic E-state index is 15.4. The van der Waals surface area contributed by atoms with Crippen LogP contribution in [0.2, 0.25) is 0 Å². The van der Waals surface area contributed by atoms with Crippen LogP contribution in [0.15, 0.2) is 42.6 Å². The SMILES string of the molecule is C=C(C)[C@@H]1CC[C@]2(C(=O)N3CCCC3c3ncc(-c4ccc(OC)cc4)[nH]3)CC[C@]3(C)[C@H](CC[C@@H]4[C@@]5(C)CC[C@H](O)C(C)(C)[C@@H]5CC[C@]43C)[C@@H]12. The van der Waals surface area contributed by atoms with E-state index in [-0.39, 0.29) is 39.2 Å². The Kier molecular flexibility index (Phi) is 8.07. The van der Waals surface area contributed by atoms with E-state index in [1.54, 1.807) is 7.11 Å². The molecule has 5 aliphatic carbocycles. The second-order valence-corrected chi connectivity index (χ2v) is 19.3. The highest BCUT2D eigenvalue weighted by molar-refractivity contribution is 5.84. The van der Waals surface area contributed by atoms with Crippen molar-refractivity contribution in [3.8, 4) is 17.0 Å². The monoisotopic (exact) mass is 681 g/mol. The number of imidazole rings is 1.